The summed E-state index contributed by atoms with van der Waals surface area (Å²) in [5.74, 6) is 0.603. The summed E-state index contributed by atoms with van der Waals surface area (Å²) in [5.41, 5.74) is 0. The molecule has 13 heavy (non-hydrogen) atoms. The molecular formula is C9H11BrN2O. The van der Waals surface area contributed by atoms with E-state index in [2.05, 4.69) is 32.5 Å². The molecule has 0 saturated heterocycles. The van der Waals surface area contributed by atoms with Crippen molar-refractivity contribution in [1.29, 1.82) is 0 Å². The fourth-order valence-corrected chi connectivity index (χ4v) is 1.09. The molecule has 1 aromatic heterocycles. The van der Waals surface area contributed by atoms with E-state index >= 15 is 0 Å². The lowest BCUT2D eigenvalue weighted by Gasteiger charge is -2.02. The number of ether oxygens (including phenoxy) is 1. The van der Waals surface area contributed by atoms with Crippen LogP contribution >= 0.6 is 15.9 Å². The zero-order valence-corrected chi connectivity index (χ0v) is 8.83. The fourth-order valence-electron chi connectivity index (χ4n) is 0.801. The van der Waals surface area contributed by atoms with Gasteiger partial charge in [-0.15, -0.1) is 6.58 Å². The molecule has 1 aromatic rings. The standard InChI is InChI=1S/C9H11BrN2O/c1-2-3-4-5-13-9-6-8(10)11-7-12-9/h2,6-7H,1,3-5H2. The molecule has 3 nitrogen and oxygen atoms in total. The molecule has 0 spiro atoms. The van der Waals surface area contributed by atoms with Crippen molar-refractivity contribution in [2.45, 2.75) is 12.8 Å². The minimum absolute atomic E-state index is 0.603. The quantitative estimate of drug-likeness (QED) is 0.453. The van der Waals surface area contributed by atoms with Gasteiger partial charge in [0.05, 0.1) is 6.61 Å². The third kappa shape index (κ3) is 4.03. The highest BCUT2D eigenvalue weighted by Crippen LogP contribution is 2.11. The van der Waals surface area contributed by atoms with Crippen molar-refractivity contribution in [2.24, 2.45) is 0 Å². The largest absolute Gasteiger partial charge is 0.478 e. The molecular weight excluding hydrogens is 232 g/mol. The van der Waals surface area contributed by atoms with Crippen molar-refractivity contribution in [3.63, 3.8) is 0 Å². The van der Waals surface area contributed by atoms with E-state index < -0.39 is 0 Å². The van der Waals surface area contributed by atoms with Crippen molar-refractivity contribution >= 4 is 15.9 Å². The van der Waals surface area contributed by atoms with E-state index in [0.717, 1.165) is 17.4 Å². The van der Waals surface area contributed by atoms with Crippen LogP contribution in [-0.2, 0) is 0 Å². The van der Waals surface area contributed by atoms with Crippen LogP contribution in [-0.4, -0.2) is 16.6 Å². The lowest BCUT2D eigenvalue weighted by atomic mass is 10.3. The number of rotatable bonds is 5. The maximum atomic E-state index is 5.36. The number of allylic oxidation sites excluding steroid dienone is 1. The summed E-state index contributed by atoms with van der Waals surface area (Å²) in [5, 5.41) is 0. The number of unbranched alkanes of at least 4 members (excludes halogenated alkanes) is 1. The summed E-state index contributed by atoms with van der Waals surface area (Å²) >= 11 is 3.24. The Morgan fingerprint density at radius 3 is 3.08 bits per heavy atom. The summed E-state index contributed by atoms with van der Waals surface area (Å²) in [4.78, 5) is 7.84. The van der Waals surface area contributed by atoms with E-state index in [0.29, 0.717) is 12.5 Å². The van der Waals surface area contributed by atoms with Crippen molar-refractivity contribution in [2.75, 3.05) is 6.61 Å². The molecule has 0 N–H and O–H groups in total. The summed E-state index contributed by atoms with van der Waals surface area (Å²) < 4.78 is 6.10. The molecule has 0 aromatic carbocycles. The van der Waals surface area contributed by atoms with Crippen LogP contribution in [0.4, 0.5) is 0 Å². The molecule has 0 unspecified atom stereocenters. The Labute approximate surface area is 86.0 Å². The smallest absolute Gasteiger partial charge is 0.217 e. The van der Waals surface area contributed by atoms with Crippen LogP contribution in [0.2, 0.25) is 0 Å². The van der Waals surface area contributed by atoms with Gasteiger partial charge in [0.15, 0.2) is 0 Å². The highest BCUT2D eigenvalue weighted by molar-refractivity contribution is 9.10. The molecule has 0 saturated carbocycles. The lowest BCUT2D eigenvalue weighted by Crippen LogP contribution is -1.98. The number of aromatic nitrogens is 2. The molecule has 0 fully saturated rings. The monoisotopic (exact) mass is 242 g/mol. The molecule has 0 bridgehead atoms. The summed E-state index contributed by atoms with van der Waals surface area (Å²) in [7, 11) is 0. The minimum Gasteiger partial charge on any atom is -0.478 e. The first-order chi connectivity index (χ1) is 6.33. The molecule has 0 radical (unpaired) electrons. The van der Waals surface area contributed by atoms with Gasteiger partial charge in [-0.05, 0) is 28.8 Å². The predicted molar refractivity (Wildman–Crippen MR) is 54.7 cm³/mol. The van der Waals surface area contributed by atoms with Gasteiger partial charge >= 0.3 is 0 Å². The second-order valence-electron chi connectivity index (χ2n) is 2.46. The van der Waals surface area contributed by atoms with E-state index in [-0.39, 0.29) is 0 Å². The van der Waals surface area contributed by atoms with E-state index in [1.165, 1.54) is 6.33 Å². The number of halogens is 1. The van der Waals surface area contributed by atoms with Gasteiger partial charge < -0.3 is 4.74 Å². The number of nitrogens with zero attached hydrogens (tertiary/aromatic N) is 2. The van der Waals surface area contributed by atoms with E-state index in [4.69, 9.17) is 4.74 Å². The Hall–Kier alpha value is -0.900. The van der Waals surface area contributed by atoms with Crippen LogP contribution in [0.25, 0.3) is 0 Å². The molecule has 0 aliphatic carbocycles. The topological polar surface area (TPSA) is 35.0 Å². The molecule has 0 atom stereocenters. The van der Waals surface area contributed by atoms with Crippen LogP contribution in [0, 0.1) is 0 Å². The summed E-state index contributed by atoms with van der Waals surface area (Å²) in [6, 6.07) is 1.74. The van der Waals surface area contributed by atoms with Gasteiger partial charge in [0.25, 0.3) is 0 Å². The minimum atomic E-state index is 0.603. The van der Waals surface area contributed by atoms with Crippen LogP contribution in [0.5, 0.6) is 5.88 Å². The highest BCUT2D eigenvalue weighted by atomic mass is 79.9. The Bertz CT molecular complexity index is 278. The SMILES string of the molecule is C=CCCCOc1cc(Br)ncn1. The molecule has 0 amide bonds. The average molecular weight is 243 g/mol. The van der Waals surface area contributed by atoms with E-state index in [1.54, 1.807) is 6.07 Å². The third-order valence-electron chi connectivity index (χ3n) is 1.41. The van der Waals surface area contributed by atoms with Gasteiger partial charge in [0.1, 0.15) is 10.9 Å². The Morgan fingerprint density at radius 1 is 1.54 bits per heavy atom. The van der Waals surface area contributed by atoms with Crippen LogP contribution in [0.1, 0.15) is 12.8 Å². The molecule has 1 rings (SSSR count). The first-order valence-corrected chi connectivity index (χ1v) is 4.83. The van der Waals surface area contributed by atoms with Crippen LogP contribution in [0.15, 0.2) is 29.7 Å². The van der Waals surface area contributed by atoms with Gasteiger partial charge in [-0.2, -0.15) is 0 Å². The van der Waals surface area contributed by atoms with Gasteiger partial charge in [-0.1, -0.05) is 6.08 Å². The molecule has 4 heteroatoms. The fraction of sp³-hybridized carbons (Fsp3) is 0.333. The predicted octanol–water partition coefficient (Wildman–Crippen LogP) is 2.58. The Kier molecular flexibility index (Phi) is 4.46. The lowest BCUT2D eigenvalue weighted by molar-refractivity contribution is 0.299. The molecule has 1 heterocycles. The van der Waals surface area contributed by atoms with Gasteiger partial charge in [-0.25, -0.2) is 9.97 Å². The third-order valence-corrected chi connectivity index (χ3v) is 1.84. The zero-order valence-electron chi connectivity index (χ0n) is 7.24. The van der Waals surface area contributed by atoms with Crippen LogP contribution < -0.4 is 4.74 Å². The van der Waals surface area contributed by atoms with Gasteiger partial charge in [-0.3, -0.25) is 0 Å². The second kappa shape index (κ2) is 5.70. The molecule has 0 aliphatic heterocycles. The first-order valence-electron chi connectivity index (χ1n) is 4.04. The normalized spacial score (nSPS) is 9.62. The Morgan fingerprint density at radius 2 is 2.38 bits per heavy atom. The van der Waals surface area contributed by atoms with Crippen LogP contribution in [0.3, 0.4) is 0 Å². The second-order valence-corrected chi connectivity index (χ2v) is 3.27. The average Bonchev–Trinajstić information content (AvgIpc) is 2.13. The highest BCUT2D eigenvalue weighted by Gasteiger charge is 1.95. The van der Waals surface area contributed by atoms with E-state index in [1.807, 2.05) is 6.08 Å². The summed E-state index contributed by atoms with van der Waals surface area (Å²) in [6.45, 7) is 4.29. The maximum absolute atomic E-state index is 5.36. The summed E-state index contributed by atoms with van der Waals surface area (Å²) in [6.07, 6.45) is 5.27. The van der Waals surface area contributed by atoms with Gasteiger partial charge in [0, 0.05) is 6.07 Å². The molecule has 70 valence electrons. The van der Waals surface area contributed by atoms with E-state index in [9.17, 15) is 0 Å². The molecule has 0 aliphatic rings. The van der Waals surface area contributed by atoms with Crippen molar-refractivity contribution in [1.82, 2.24) is 9.97 Å². The Balaban J connectivity index is 2.32. The van der Waals surface area contributed by atoms with Crippen molar-refractivity contribution < 1.29 is 4.74 Å². The zero-order chi connectivity index (χ0) is 9.52. The maximum Gasteiger partial charge on any atom is 0.217 e. The van der Waals surface area contributed by atoms with Crippen molar-refractivity contribution in [3.8, 4) is 5.88 Å². The van der Waals surface area contributed by atoms with Gasteiger partial charge in [0.2, 0.25) is 5.88 Å². The van der Waals surface area contributed by atoms with Crippen molar-refractivity contribution in [3.05, 3.63) is 29.7 Å². The first kappa shape index (κ1) is 10.2. The number of hydrogen-bond donors (Lipinski definition) is 0. The number of hydrogen-bond acceptors (Lipinski definition) is 3.